The zero-order chi connectivity index (χ0) is 90.2. The van der Waals surface area contributed by atoms with Crippen LogP contribution in [0.1, 0.15) is 25.0 Å². The number of aromatic nitrogens is 10. The predicted molar refractivity (Wildman–Crippen MR) is 563 cm³/mol. The van der Waals surface area contributed by atoms with Crippen LogP contribution < -0.4 is 0 Å². The van der Waals surface area contributed by atoms with Crippen LogP contribution in [0.4, 0.5) is 0 Å². The van der Waals surface area contributed by atoms with E-state index in [1.54, 1.807) is 11.3 Å². The molecular formula is C123H76N10O3S. The van der Waals surface area contributed by atoms with Crippen molar-refractivity contribution in [3.8, 4) is 90.7 Å². The summed E-state index contributed by atoms with van der Waals surface area (Å²) in [6.07, 6.45) is 0. The highest BCUT2D eigenvalue weighted by Gasteiger charge is 2.38. The fraction of sp³-hybridized carbons (Fsp3) is 0.0244. The molecule has 14 heteroatoms. The fourth-order valence-electron chi connectivity index (χ4n) is 22.0. The summed E-state index contributed by atoms with van der Waals surface area (Å²) in [5.74, 6) is 1.92. The van der Waals surface area contributed by atoms with E-state index in [9.17, 15) is 0 Å². The highest BCUT2D eigenvalue weighted by atomic mass is 32.1. The van der Waals surface area contributed by atoms with E-state index in [0.717, 1.165) is 171 Å². The van der Waals surface area contributed by atoms with E-state index in [-0.39, 0.29) is 5.41 Å². The van der Waals surface area contributed by atoms with Gasteiger partial charge in [0.1, 0.15) is 27.2 Å². The van der Waals surface area contributed by atoms with E-state index in [2.05, 4.69) is 378 Å². The summed E-state index contributed by atoms with van der Waals surface area (Å²) in [6, 6.07) is 149. The Balaban J connectivity index is 0.000000102. The lowest BCUT2D eigenvalue weighted by atomic mass is 9.82. The highest BCUT2D eigenvalue weighted by molar-refractivity contribution is 7.25. The van der Waals surface area contributed by atoms with Gasteiger partial charge in [-0.3, -0.25) is 4.57 Å². The van der Waals surface area contributed by atoms with E-state index < -0.39 is 0 Å². The minimum Gasteiger partial charge on any atom is -0.456 e. The van der Waals surface area contributed by atoms with Gasteiger partial charge in [0.25, 0.3) is 0 Å². The van der Waals surface area contributed by atoms with Crippen LogP contribution in [0, 0.1) is 0 Å². The van der Waals surface area contributed by atoms with Crippen LogP contribution in [0.25, 0.3) is 264 Å². The van der Waals surface area contributed by atoms with Crippen LogP contribution in [-0.2, 0) is 5.41 Å². The van der Waals surface area contributed by atoms with Crippen molar-refractivity contribution in [3.63, 3.8) is 0 Å². The molecule has 0 unspecified atom stereocenters. The zero-order valence-corrected chi connectivity index (χ0v) is 74.8. The van der Waals surface area contributed by atoms with E-state index in [4.69, 9.17) is 43.2 Å². The number of thiophene rings is 1. The number of rotatable bonds is 9. The summed E-state index contributed by atoms with van der Waals surface area (Å²) in [5, 5.41) is 18.1. The molecule has 0 aliphatic heterocycles. The Bertz CT molecular complexity index is 10100. The third-order valence-corrected chi connectivity index (χ3v) is 28.9. The molecule has 30 rings (SSSR count). The molecule has 1 aliphatic carbocycles. The van der Waals surface area contributed by atoms with Gasteiger partial charge in [0.15, 0.2) is 11.6 Å². The minimum absolute atomic E-state index is 0.0785. The number of nitrogens with zero attached hydrogens (tertiary/aromatic N) is 10. The van der Waals surface area contributed by atoms with Crippen molar-refractivity contribution in [2.24, 2.45) is 0 Å². The van der Waals surface area contributed by atoms with Crippen molar-refractivity contribution in [2.45, 2.75) is 19.3 Å². The number of furan rings is 3. The zero-order valence-electron chi connectivity index (χ0n) is 74.0. The smallest absolute Gasteiger partial charge is 0.236 e. The second-order valence-electron chi connectivity index (χ2n) is 35.7. The summed E-state index contributed by atoms with van der Waals surface area (Å²) >= 11 is 1.72. The number of fused-ring (bicyclic) bond motifs is 30. The first kappa shape index (κ1) is 77.8. The van der Waals surface area contributed by atoms with Gasteiger partial charge in [0, 0.05) is 119 Å². The van der Waals surface area contributed by atoms with Crippen LogP contribution in [0.2, 0.25) is 0 Å². The summed E-state index contributed by atoms with van der Waals surface area (Å²) in [5.41, 5.74) is 29.8. The normalized spacial score (nSPS) is 12.5. The van der Waals surface area contributed by atoms with Gasteiger partial charge in [0.2, 0.25) is 17.4 Å². The van der Waals surface area contributed by atoms with E-state index in [0.29, 0.717) is 29.0 Å². The molecule has 13 nitrogen and oxygen atoms in total. The van der Waals surface area contributed by atoms with Crippen molar-refractivity contribution < 1.29 is 13.3 Å². The van der Waals surface area contributed by atoms with Crippen LogP contribution in [0.3, 0.4) is 0 Å². The molecule has 29 aromatic rings. The molecule has 0 spiro atoms. The van der Waals surface area contributed by atoms with Gasteiger partial charge >= 0.3 is 0 Å². The fourth-order valence-corrected chi connectivity index (χ4v) is 23.0. The van der Waals surface area contributed by atoms with Gasteiger partial charge in [-0.2, -0.15) is 9.97 Å². The molecule has 0 bridgehead atoms. The molecule has 0 radical (unpaired) electrons. The van der Waals surface area contributed by atoms with E-state index in [1.807, 2.05) is 78.9 Å². The molecule has 0 saturated heterocycles. The topological polar surface area (TPSA) is 136 Å². The molecule has 642 valence electrons. The van der Waals surface area contributed by atoms with Crippen LogP contribution in [-0.4, -0.2) is 48.2 Å². The van der Waals surface area contributed by atoms with Crippen molar-refractivity contribution in [3.05, 3.63) is 436 Å². The van der Waals surface area contributed by atoms with Crippen molar-refractivity contribution in [2.75, 3.05) is 0 Å². The van der Waals surface area contributed by atoms with Crippen molar-refractivity contribution in [1.29, 1.82) is 0 Å². The van der Waals surface area contributed by atoms with Gasteiger partial charge in [-0.15, -0.1) is 11.3 Å². The Morgan fingerprint density at radius 3 is 1.15 bits per heavy atom. The second kappa shape index (κ2) is 30.5. The third kappa shape index (κ3) is 11.9. The van der Waals surface area contributed by atoms with Gasteiger partial charge in [0.05, 0.1) is 83.4 Å². The number of para-hydroxylation sites is 10. The Morgan fingerprint density at radius 1 is 0.234 bits per heavy atom. The first-order valence-corrected chi connectivity index (χ1v) is 47.0. The first-order chi connectivity index (χ1) is 67.8. The molecule has 11 heterocycles. The van der Waals surface area contributed by atoms with Crippen LogP contribution >= 0.6 is 11.3 Å². The van der Waals surface area contributed by atoms with Gasteiger partial charge in [-0.25, -0.2) is 19.9 Å². The maximum Gasteiger partial charge on any atom is 0.236 e. The van der Waals surface area contributed by atoms with Crippen molar-refractivity contribution in [1.82, 2.24) is 48.2 Å². The number of benzene rings is 18. The third-order valence-electron chi connectivity index (χ3n) is 27.9. The van der Waals surface area contributed by atoms with Gasteiger partial charge < -0.3 is 27.0 Å². The SMILES string of the molecule is CC1(C)c2ccccc2-c2c1ccc1c2c2ccccc2n1-c1ccccc1-c1nc(-c2ccccc2)c2c(n1)oc1ccccc12.c1ccc(-c2nc(-c3ccccc3-n3c4ccccc4c4c5c6ccccc6n(-c6ccccc6)c5ccc43)nc3oc4ccccc4c23)cc1.c1ccc(-c2nc(-n3c4ccccc4c4c5c(ccc43)oc3ccccc35)nc3sc4ccccc4c23)cc1. The molecule has 0 atom stereocenters. The molecule has 137 heavy (non-hydrogen) atoms. The summed E-state index contributed by atoms with van der Waals surface area (Å²) in [6.45, 7) is 4.68. The Kier molecular flexibility index (Phi) is 17.3. The quantitative estimate of drug-likeness (QED) is 0.138. The lowest BCUT2D eigenvalue weighted by Crippen LogP contribution is -2.14. The molecule has 0 N–H and O–H groups in total. The maximum absolute atomic E-state index is 6.42. The summed E-state index contributed by atoms with van der Waals surface area (Å²) in [7, 11) is 0. The molecule has 11 aromatic heterocycles. The first-order valence-electron chi connectivity index (χ1n) is 46.2. The second-order valence-corrected chi connectivity index (χ2v) is 36.7. The predicted octanol–water partition coefficient (Wildman–Crippen LogP) is 32.5. The molecule has 1 aliphatic rings. The Hall–Kier alpha value is -18.0. The Labute approximate surface area is 786 Å². The van der Waals surface area contributed by atoms with Crippen LogP contribution in [0.15, 0.2) is 438 Å². The summed E-state index contributed by atoms with van der Waals surface area (Å²) < 4.78 is 29.6. The number of hydrogen-bond acceptors (Lipinski definition) is 10. The molecular weight excluding hydrogens is 1700 g/mol. The van der Waals surface area contributed by atoms with Gasteiger partial charge in [-0.05, 0) is 138 Å². The molecule has 0 saturated carbocycles. The average molecular weight is 1770 g/mol. The lowest BCUT2D eigenvalue weighted by molar-refractivity contribution is 0.653. The summed E-state index contributed by atoms with van der Waals surface area (Å²) in [4.78, 5) is 32.4. The molecule has 0 fully saturated rings. The van der Waals surface area contributed by atoms with Crippen molar-refractivity contribution >= 4 is 185 Å². The maximum atomic E-state index is 6.42. The highest BCUT2D eigenvalue weighted by Crippen LogP contribution is 2.55. The standard InChI is InChI=1S/C46H28N4O.C43H29N3O.C34H19N3OS/c1-3-15-29(16-4-1)44-43-34-22-10-14-26-40(34)51-46(43)48-45(47-44)33-21-9-13-25-37(33)50-36-24-12-8-20-32(36)42-39(50)28-27-38-41(42)31-19-7-11-23-35(31)49(38)30-17-5-2-6-18-30;1-43(2)31-20-10-6-16-27(31)37-32(43)24-25-35-38(37)28-17-7-11-21-33(28)46(35)34-22-12-8-18-29(34)41-44-40(26-14-4-3-5-15-26)39-30-19-9-13-23-36(30)47-42(39)45-41;1-2-10-20(11-3-1)32-31-23-14-6-9-17-28(23)39-33(31)36-34(35-32)37-24-15-7-4-12-21(24)29-25(37)18-19-27-30(29)22-13-5-8-16-26(22)38-27/h1-28H;3-25H,1-2H3;1-19H. The number of hydrogen-bond donors (Lipinski definition) is 0. The Morgan fingerprint density at radius 2 is 0.606 bits per heavy atom. The van der Waals surface area contributed by atoms with E-state index in [1.165, 1.54) is 75.7 Å². The monoisotopic (exact) mass is 1770 g/mol. The van der Waals surface area contributed by atoms with E-state index >= 15 is 0 Å². The van der Waals surface area contributed by atoms with Crippen LogP contribution in [0.5, 0.6) is 0 Å². The average Bonchev–Trinajstić information content (AvgIpc) is 1.55. The molecule has 18 aromatic carbocycles. The van der Waals surface area contributed by atoms with Gasteiger partial charge in [-0.1, -0.05) is 323 Å². The largest absolute Gasteiger partial charge is 0.456 e. The molecule has 0 amide bonds. The lowest BCUT2D eigenvalue weighted by Gasteiger charge is -2.21. The minimum atomic E-state index is -0.0785.